The molecule has 1 aliphatic heterocycles. The summed E-state index contributed by atoms with van der Waals surface area (Å²) < 4.78 is 1.86. The molecule has 1 saturated heterocycles. The van der Waals surface area contributed by atoms with Crippen molar-refractivity contribution in [1.82, 2.24) is 34.4 Å². The van der Waals surface area contributed by atoms with Crippen LogP contribution in [0.15, 0.2) is 24.7 Å². The summed E-state index contributed by atoms with van der Waals surface area (Å²) in [5, 5.41) is 4.42. The molecule has 5 heterocycles. The Bertz CT molecular complexity index is 1520. The number of H-pyrrole nitrogens is 1. The molecule has 1 fully saturated rings. The number of hydrogen-bond acceptors (Lipinski definition) is 6. The van der Waals surface area contributed by atoms with Gasteiger partial charge in [0.2, 0.25) is 5.91 Å². The Morgan fingerprint density at radius 2 is 1.95 bits per heavy atom. The minimum atomic E-state index is 0.181. The lowest BCUT2D eigenvalue weighted by molar-refractivity contribution is -0.138. The molecule has 9 heteroatoms. The smallest absolute Gasteiger partial charge is 0.237 e. The average Bonchev–Trinajstić information content (AvgIpc) is 3.53. The van der Waals surface area contributed by atoms with E-state index in [1.54, 1.807) is 6.33 Å². The molecule has 0 radical (unpaired) electrons. The number of piperidine rings is 1. The van der Waals surface area contributed by atoms with Crippen LogP contribution in [0.5, 0.6) is 0 Å². The Labute approximate surface area is 237 Å². The molecule has 0 spiro atoms. The predicted octanol–water partition coefficient (Wildman–Crippen LogP) is 5.17. The second-order valence-corrected chi connectivity index (χ2v) is 12.0. The van der Waals surface area contributed by atoms with Gasteiger partial charge in [-0.3, -0.25) is 4.79 Å². The molecule has 4 aromatic rings. The molecule has 1 aliphatic rings. The molecule has 4 aromatic heterocycles. The lowest BCUT2D eigenvalue weighted by Gasteiger charge is -2.43. The minimum absolute atomic E-state index is 0.181. The number of likely N-dealkylation sites (N-methyl/N-ethyl adjacent to an activating group) is 2. The van der Waals surface area contributed by atoms with Gasteiger partial charge in [-0.15, -0.1) is 0 Å². The molecule has 0 aliphatic carbocycles. The maximum atomic E-state index is 13.2. The van der Waals surface area contributed by atoms with Gasteiger partial charge in [0.05, 0.1) is 23.3 Å². The summed E-state index contributed by atoms with van der Waals surface area (Å²) in [7, 11) is 3.92. The maximum Gasteiger partial charge on any atom is 0.237 e. The Morgan fingerprint density at radius 3 is 2.65 bits per heavy atom. The van der Waals surface area contributed by atoms with Crippen molar-refractivity contribution in [2.75, 3.05) is 38.6 Å². The van der Waals surface area contributed by atoms with Gasteiger partial charge in [0.1, 0.15) is 12.1 Å². The molecule has 9 nitrogen and oxygen atoms in total. The highest BCUT2D eigenvalue weighted by Crippen LogP contribution is 2.38. The standard InChI is InChI=1S/C31H44N8O/c1-9-37(15-23-12-10-11-20(4)39(23)27(40)17-36(7)8)26-14-13-25-30(35-26)28(19(2)3)29(34-25)24-16-38-31(32-18-33-38)22(6)21(24)5/h13-14,16,18-20,23,34H,9-12,15,17H2,1-8H3/t20?,23-/m1/s1. The van der Waals surface area contributed by atoms with Crippen molar-refractivity contribution in [3.63, 3.8) is 0 Å². The van der Waals surface area contributed by atoms with Crippen LogP contribution in [0, 0.1) is 13.8 Å². The summed E-state index contributed by atoms with van der Waals surface area (Å²) in [6.07, 6.45) is 6.92. The van der Waals surface area contributed by atoms with E-state index in [9.17, 15) is 4.79 Å². The third-order valence-electron chi connectivity index (χ3n) is 8.54. The Balaban J connectivity index is 1.53. The van der Waals surface area contributed by atoms with E-state index in [0.29, 0.717) is 6.54 Å². The van der Waals surface area contributed by atoms with Crippen LogP contribution < -0.4 is 4.90 Å². The number of anilines is 1. The van der Waals surface area contributed by atoms with E-state index >= 15 is 0 Å². The largest absolute Gasteiger partial charge is 0.355 e. The van der Waals surface area contributed by atoms with Crippen molar-refractivity contribution < 1.29 is 4.79 Å². The third kappa shape index (κ3) is 5.07. The molecule has 40 heavy (non-hydrogen) atoms. The van der Waals surface area contributed by atoms with Gasteiger partial charge < -0.3 is 19.7 Å². The highest BCUT2D eigenvalue weighted by molar-refractivity contribution is 5.90. The van der Waals surface area contributed by atoms with Gasteiger partial charge in [-0.05, 0) is 90.2 Å². The van der Waals surface area contributed by atoms with Crippen LogP contribution >= 0.6 is 0 Å². The predicted molar refractivity (Wildman–Crippen MR) is 162 cm³/mol. The van der Waals surface area contributed by atoms with Crippen molar-refractivity contribution >= 4 is 28.4 Å². The molecule has 0 bridgehead atoms. The van der Waals surface area contributed by atoms with Gasteiger partial charge in [-0.1, -0.05) is 13.8 Å². The van der Waals surface area contributed by atoms with Crippen LogP contribution in [-0.4, -0.2) is 86.1 Å². The first kappa shape index (κ1) is 28.1. The zero-order valence-corrected chi connectivity index (χ0v) is 25.3. The summed E-state index contributed by atoms with van der Waals surface area (Å²) >= 11 is 0. The quantitative estimate of drug-likeness (QED) is 0.329. The summed E-state index contributed by atoms with van der Waals surface area (Å²) in [4.78, 5) is 33.1. The number of rotatable bonds is 8. The molecule has 1 unspecified atom stereocenters. The molecule has 1 N–H and O–H groups in total. The van der Waals surface area contributed by atoms with Gasteiger partial charge in [-0.25, -0.2) is 14.5 Å². The zero-order chi connectivity index (χ0) is 28.7. The molecule has 0 aromatic carbocycles. The summed E-state index contributed by atoms with van der Waals surface area (Å²) in [5.41, 5.74) is 8.68. The molecular weight excluding hydrogens is 500 g/mol. The second-order valence-electron chi connectivity index (χ2n) is 12.0. The first-order valence-corrected chi connectivity index (χ1v) is 14.6. The van der Waals surface area contributed by atoms with Gasteiger partial charge in [-0.2, -0.15) is 5.10 Å². The molecule has 2 atom stereocenters. The molecular formula is C31H44N8O. The van der Waals surface area contributed by atoms with Gasteiger partial charge in [0.15, 0.2) is 5.65 Å². The number of carbonyl (C=O) groups is 1. The normalized spacial score (nSPS) is 18.0. The van der Waals surface area contributed by atoms with E-state index in [1.807, 2.05) is 23.5 Å². The number of amides is 1. The van der Waals surface area contributed by atoms with Gasteiger partial charge in [0, 0.05) is 42.5 Å². The van der Waals surface area contributed by atoms with Crippen molar-refractivity contribution in [1.29, 1.82) is 0 Å². The first-order chi connectivity index (χ1) is 19.1. The number of pyridine rings is 2. The number of fused-ring (bicyclic) bond motifs is 2. The van der Waals surface area contributed by atoms with Crippen molar-refractivity contribution in [2.45, 2.75) is 78.8 Å². The lowest BCUT2D eigenvalue weighted by Crippen LogP contribution is -2.55. The van der Waals surface area contributed by atoms with Crippen LogP contribution in [0.25, 0.3) is 27.9 Å². The number of hydrogen-bond donors (Lipinski definition) is 1. The third-order valence-corrected chi connectivity index (χ3v) is 8.54. The van der Waals surface area contributed by atoms with E-state index in [2.05, 4.69) is 84.7 Å². The van der Waals surface area contributed by atoms with Gasteiger partial charge >= 0.3 is 0 Å². The number of aromatic amines is 1. The van der Waals surface area contributed by atoms with Crippen molar-refractivity contribution in [2.24, 2.45) is 0 Å². The number of aryl methyl sites for hydroxylation is 1. The highest BCUT2D eigenvalue weighted by atomic mass is 16.2. The van der Waals surface area contributed by atoms with E-state index in [1.165, 1.54) is 11.1 Å². The van der Waals surface area contributed by atoms with Crippen LogP contribution in [0.1, 0.15) is 69.6 Å². The fraction of sp³-hybridized carbons (Fsp3) is 0.548. The van der Waals surface area contributed by atoms with Crippen LogP contribution in [0.3, 0.4) is 0 Å². The molecule has 0 saturated carbocycles. The Morgan fingerprint density at radius 1 is 1.18 bits per heavy atom. The topological polar surface area (TPSA) is 85.7 Å². The van der Waals surface area contributed by atoms with Crippen molar-refractivity contribution in [3.05, 3.63) is 41.3 Å². The van der Waals surface area contributed by atoms with E-state index in [4.69, 9.17) is 4.98 Å². The highest BCUT2D eigenvalue weighted by Gasteiger charge is 2.33. The van der Waals surface area contributed by atoms with E-state index in [-0.39, 0.29) is 23.9 Å². The second kappa shape index (κ2) is 11.2. The zero-order valence-electron chi connectivity index (χ0n) is 25.3. The number of nitrogens with one attached hydrogen (secondary N) is 1. The van der Waals surface area contributed by atoms with E-state index < -0.39 is 0 Å². The molecule has 5 rings (SSSR count). The number of likely N-dealkylation sites (tertiary alicyclic amines) is 1. The fourth-order valence-corrected chi connectivity index (χ4v) is 6.39. The summed E-state index contributed by atoms with van der Waals surface area (Å²) in [5.74, 6) is 1.44. The SMILES string of the molecule is CCN(C[C@H]1CCCC(C)N1C(=O)CN(C)C)c1ccc2[nH]c(-c3cn4ncnc4c(C)c3C)c(C(C)C)c2n1. The van der Waals surface area contributed by atoms with Gasteiger partial charge in [0.25, 0.3) is 0 Å². The lowest BCUT2D eigenvalue weighted by atomic mass is 9.95. The Hall–Kier alpha value is -3.46. The van der Waals surface area contributed by atoms with Crippen molar-refractivity contribution in [3.8, 4) is 11.3 Å². The average molecular weight is 545 g/mol. The minimum Gasteiger partial charge on any atom is -0.355 e. The van der Waals surface area contributed by atoms with E-state index in [0.717, 1.165) is 71.7 Å². The maximum absolute atomic E-state index is 13.2. The summed E-state index contributed by atoms with van der Waals surface area (Å²) in [6, 6.07) is 4.71. The fourth-order valence-electron chi connectivity index (χ4n) is 6.39. The number of aromatic nitrogens is 5. The summed E-state index contributed by atoms with van der Waals surface area (Å²) in [6.45, 7) is 15.1. The number of nitrogens with zero attached hydrogens (tertiary/aromatic N) is 7. The number of carbonyl (C=O) groups excluding carboxylic acids is 1. The molecule has 1 amide bonds. The monoisotopic (exact) mass is 544 g/mol. The Kier molecular flexibility index (Phi) is 7.86. The molecule has 214 valence electrons. The van der Waals surface area contributed by atoms with Crippen LogP contribution in [0.2, 0.25) is 0 Å². The van der Waals surface area contributed by atoms with Crippen LogP contribution in [0.4, 0.5) is 5.82 Å². The first-order valence-electron chi connectivity index (χ1n) is 14.6. The van der Waals surface area contributed by atoms with Crippen LogP contribution in [-0.2, 0) is 4.79 Å².